The average molecular weight is 557 g/mol. The molecule has 3 rings (SSSR count). The van der Waals surface area contributed by atoms with E-state index in [9.17, 15) is 20.2 Å². The van der Waals surface area contributed by atoms with E-state index in [1.54, 1.807) is 25.1 Å². The molecule has 35 heavy (non-hydrogen) atoms. The Morgan fingerprint density at radius 3 is 2.63 bits per heavy atom. The van der Waals surface area contributed by atoms with E-state index in [-0.39, 0.29) is 17.9 Å². The Balaban J connectivity index is 1.83. The van der Waals surface area contributed by atoms with Gasteiger partial charge in [-0.25, -0.2) is 0 Å². The van der Waals surface area contributed by atoms with Crippen molar-refractivity contribution in [1.29, 1.82) is 5.26 Å². The molecular formula is C25H19BrClN3O5. The lowest BCUT2D eigenvalue weighted by Gasteiger charge is -2.14. The second-order valence-electron chi connectivity index (χ2n) is 7.29. The van der Waals surface area contributed by atoms with Gasteiger partial charge in [0.25, 0.3) is 11.6 Å². The molecule has 3 aromatic carbocycles. The lowest BCUT2D eigenvalue weighted by atomic mass is 10.1. The van der Waals surface area contributed by atoms with Crippen LogP contribution in [0.25, 0.3) is 6.08 Å². The molecule has 1 N–H and O–H groups in total. The van der Waals surface area contributed by atoms with Crippen LogP contribution in [0.3, 0.4) is 0 Å². The summed E-state index contributed by atoms with van der Waals surface area (Å²) in [5.74, 6) is 0.175. The summed E-state index contributed by atoms with van der Waals surface area (Å²) in [6, 6.07) is 16.6. The van der Waals surface area contributed by atoms with Crippen molar-refractivity contribution in [3.8, 4) is 17.6 Å². The number of non-ortho nitro benzene ring substituents is 1. The van der Waals surface area contributed by atoms with Gasteiger partial charge in [0.1, 0.15) is 18.2 Å². The molecule has 0 saturated carbocycles. The van der Waals surface area contributed by atoms with Crippen LogP contribution in [0.4, 0.5) is 11.4 Å². The topological polar surface area (TPSA) is 114 Å². The smallest absolute Gasteiger partial charge is 0.269 e. The van der Waals surface area contributed by atoms with Gasteiger partial charge in [0, 0.05) is 28.4 Å². The fraction of sp³-hybridized carbons (Fsp3) is 0.120. The first kappa shape index (κ1) is 25.7. The molecule has 0 unspecified atom stereocenters. The summed E-state index contributed by atoms with van der Waals surface area (Å²) < 4.78 is 11.9. The molecule has 8 nitrogen and oxygen atoms in total. The number of nitro benzene ring substituents is 1. The number of halogens is 2. The number of amides is 1. The number of aryl methyl sites for hydroxylation is 1. The van der Waals surface area contributed by atoms with Gasteiger partial charge in [-0.1, -0.05) is 29.8 Å². The number of ether oxygens (including phenoxy) is 2. The van der Waals surface area contributed by atoms with Gasteiger partial charge in [0.05, 0.1) is 16.5 Å². The van der Waals surface area contributed by atoms with Gasteiger partial charge in [0.15, 0.2) is 11.5 Å². The normalized spacial score (nSPS) is 10.9. The number of nitro groups is 1. The molecule has 0 bridgehead atoms. The molecule has 0 atom stereocenters. The van der Waals surface area contributed by atoms with Crippen molar-refractivity contribution in [1.82, 2.24) is 0 Å². The van der Waals surface area contributed by atoms with Gasteiger partial charge in [-0.15, -0.1) is 0 Å². The van der Waals surface area contributed by atoms with Gasteiger partial charge in [-0.3, -0.25) is 14.9 Å². The van der Waals surface area contributed by atoms with Gasteiger partial charge in [-0.05, 0) is 64.3 Å². The van der Waals surface area contributed by atoms with Gasteiger partial charge >= 0.3 is 0 Å². The van der Waals surface area contributed by atoms with Crippen LogP contribution < -0.4 is 14.8 Å². The summed E-state index contributed by atoms with van der Waals surface area (Å²) in [5, 5.41) is 23.7. The first-order valence-corrected chi connectivity index (χ1v) is 11.3. The highest BCUT2D eigenvalue weighted by Crippen LogP contribution is 2.38. The number of nitrogens with one attached hydrogen (secondary N) is 1. The molecule has 0 heterocycles. The van der Waals surface area contributed by atoms with Crippen molar-refractivity contribution in [3.05, 3.63) is 96.5 Å². The Morgan fingerprint density at radius 1 is 1.26 bits per heavy atom. The van der Waals surface area contributed by atoms with E-state index in [0.717, 1.165) is 5.56 Å². The van der Waals surface area contributed by atoms with Crippen LogP contribution in [0, 0.1) is 28.4 Å². The molecule has 0 aliphatic carbocycles. The molecule has 1 amide bonds. The van der Waals surface area contributed by atoms with Crippen molar-refractivity contribution < 1.29 is 19.2 Å². The van der Waals surface area contributed by atoms with Crippen LogP contribution in [-0.2, 0) is 11.4 Å². The highest BCUT2D eigenvalue weighted by Gasteiger charge is 2.16. The van der Waals surface area contributed by atoms with Gasteiger partial charge in [-0.2, -0.15) is 5.26 Å². The molecule has 0 radical (unpaired) electrons. The van der Waals surface area contributed by atoms with E-state index in [0.29, 0.717) is 37.8 Å². The third kappa shape index (κ3) is 6.38. The Hall–Kier alpha value is -3.87. The predicted octanol–water partition coefficient (Wildman–Crippen LogP) is 6.45. The molecule has 0 saturated heterocycles. The van der Waals surface area contributed by atoms with Crippen molar-refractivity contribution in [3.63, 3.8) is 0 Å². The van der Waals surface area contributed by atoms with E-state index >= 15 is 0 Å². The molecule has 0 aliphatic heterocycles. The van der Waals surface area contributed by atoms with Crippen LogP contribution in [0.2, 0.25) is 5.02 Å². The van der Waals surface area contributed by atoms with Gasteiger partial charge in [0.2, 0.25) is 0 Å². The first-order chi connectivity index (χ1) is 16.7. The number of anilines is 1. The lowest BCUT2D eigenvalue weighted by Crippen LogP contribution is -2.14. The van der Waals surface area contributed by atoms with Crippen LogP contribution >= 0.6 is 27.5 Å². The third-order valence-corrected chi connectivity index (χ3v) is 5.88. The average Bonchev–Trinajstić information content (AvgIpc) is 2.83. The van der Waals surface area contributed by atoms with Crippen LogP contribution in [0.15, 0.2) is 64.6 Å². The minimum Gasteiger partial charge on any atom is -0.493 e. The number of benzene rings is 3. The SMILES string of the molecule is COc1cc(C=C(C#N)C(=O)Nc2ccc([N+](=O)[O-])cc2C)cc(Br)c1OCc1ccccc1Cl. The van der Waals surface area contributed by atoms with Crippen LogP contribution in [0.1, 0.15) is 16.7 Å². The minimum atomic E-state index is -0.654. The zero-order chi connectivity index (χ0) is 25.5. The summed E-state index contributed by atoms with van der Waals surface area (Å²) in [4.78, 5) is 23.1. The fourth-order valence-corrected chi connectivity index (χ4v) is 3.90. The highest BCUT2D eigenvalue weighted by molar-refractivity contribution is 9.10. The molecular weight excluding hydrogens is 538 g/mol. The molecule has 10 heteroatoms. The molecule has 0 fully saturated rings. The molecule has 0 spiro atoms. The molecule has 3 aromatic rings. The Bertz CT molecular complexity index is 1370. The molecule has 0 aliphatic rings. The Morgan fingerprint density at radius 2 is 2.00 bits per heavy atom. The van der Waals surface area contributed by atoms with Crippen molar-refractivity contribution in [2.75, 3.05) is 12.4 Å². The summed E-state index contributed by atoms with van der Waals surface area (Å²) in [7, 11) is 1.48. The maximum Gasteiger partial charge on any atom is 0.269 e. The van der Waals surface area contributed by atoms with Crippen molar-refractivity contribution in [2.24, 2.45) is 0 Å². The Labute approximate surface area is 215 Å². The monoisotopic (exact) mass is 555 g/mol. The second-order valence-corrected chi connectivity index (χ2v) is 8.56. The molecule has 178 valence electrons. The number of hydrogen-bond acceptors (Lipinski definition) is 6. The van der Waals surface area contributed by atoms with Crippen molar-refractivity contribution in [2.45, 2.75) is 13.5 Å². The number of nitriles is 1. The summed E-state index contributed by atoms with van der Waals surface area (Å²) in [6.45, 7) is 1.84. The number of carbonyl (C=O) groups is 1. The van der Waals surface area contributed by atoms with E-state index in [4.69, 9.17) is 21.1 Å². The quantitative estimate of drug-likeness (QED) is 0.148. The van der Waals surface area contributed by atoms with Crippen LogP contribution in [-0.4, -0.2) is 17.9 Å². The molecule has 0 aromatic heterocycles. The van der Waals surface area contributed by atoms with E-state index < -0.39 is 10.8 Å². The number of methoxy groups -OCH3 is 1. The fourth-order valence-electron chi connectivity index (χ4n) is 3.14. The summed E-state index contributed by atoms with van der Waals surface area (Å²) in [5.41, 5.74) is 1.92. The minimum absolute atomic E-state index is 0.0923. The van der Waals surface area contributed by atoms with E-state index in [2.05, 4.69) is 21.2 Å². The Kier molecular flexibility index (Phi) is 8.47. The highest BCUT2D eigenvalue weighted by atomic mass is 79.9. The number of rotatable bonds is 8. The predicted molar refractivity (Wildman–Crippen MR) is 137 cm³/mol. The first-order valence-electron chi connectivity index (χ1n) is 10.2. The van der Waals surface area contributed by atoms with Crippen molar-refractivity contribution >= 4 is 50.9 Å². The number of carbonyl (C=O) groups excluding carboxylic acids is 1. The van der Waals surface area contributed by atoms with Gasteiger partial charge < -0.3 is 14.8 Å². The van der Waals surface area contributed by atoms with Crippen LogP contribution in [0.5, 0.6) is 11.5 Å². The third-order valence-electron chi connectivity index (χ3n) is 4.93. The number of hydrogen-bond donors (Lipinski definition) is 1. The van der Waals surface area contributed by atoms with E-state index in [1.165, 1.54) is 31.4 Å². The standard InChI is InChI=1S/C25H19BrClN3O5/c1-15-9-19(30(32)33)7-8-22(15)29-25(31)18(13-28)10-16-11-20(26)24(23(12-16)34-2)35-14-17-5-3-4-6-21(17)27/h3-12H,14H2,1-2H3,(H,29,31). The largest absolute Gasteiger partial charge is 0.493 e. The maximum absolute atomic E-state index is 12.7. The summed E-state index contributed by atoms with van der Waals surface area (Å²) in [6.07, 6.45) is 1.40. The zero-order valence-corrected chi connectivity index (χ0v) is 21.0. The van der Waals surface area contributed by atoms with E-state index in [1.807, 2.05) is 24.3 Å². The summed E-state index contributed by atoms with van der Waals surface area (Å²) >= 11 is 9.65. The maximum atomic E-state index is 12.7. The lowest BCUT2D eigenvalue weighted by molar-refractivity contribution is -0.384. The zero-order valence-electron chi connectivity index (χ0n) is 18.7. The number of nitrogens with zero attached hydrogens (tertiary/aromatic N) is 2. The second kappa shape index (κ2) is 11.5.